The molecule has 1 aliphatic rings. The van der Waals surface area contributed by atoms with Crippen molar-refractivity contribution in [2.24, 2.45) is 0 Å². The summed E-state index contributed by atoms with van der Waals surface area (Å²) >= 11 is 0. The highest BCUT2D eigenvalue weighted by atomic mass is 16.1. The van der Waals surface area contributed by atoms with Gasteiger partial charge in [-0.05, 0) is 30.7 Å². The van der Waals surface area contributed by atoms with Crippen molar-refractivity contribution in [2.75, 3.05) is 6.54 Å². The van der Waals surface area contributed by atoms with Crippen LogP contribution < -0.4 is 5.56 Å². The molecule has 23 heavy (non-hydrogen) atoms. The van der Waals surface area contributed by atoms with Gasteiger partial charge in [-0.1, -0.05) is 0 Å². The van der Waals surface area contributed by atoms with E-state index in [0.29, 0.717) is 12.4 Å². The Bertz CT molecular complexity index is 854. The third-order valence-corrected chi connectivity index (χ3v) is 4.16. The van der Waals surface area contributed by atoms with Gasteiger partial charge in [0.25, 0.3) is 5.56 Å². The summed E-state index contributed by atoms with van der Waals surface area (Å²) in [5, 5.41) is 0. The quantitative estimate of drug-likeness (QED) is 0.772. The van der Waals surface area contributed by atoms with Gasteiger partial charge in [-0.3, -0.25) is 14.7 Å². The molecule has 3 aromatic heterocycles. The minimum absolute atomic E-state index is 0.0265. The Hall–Kier alpha value is -2.73. The van der Waals surface area contributed by atoms with Gasteiger partial charge < -0.3 is 9.97 Å². The molecule has 0 unspecified atom stereocenters. The maximum absolute atomic E-state index is 12.3. The van der Waals surface area contributed by atoms with E-state index >= 15 is 0 Å². The van der Waals surface area contributed by atoms with Crippen molar-refractivity contribution in [3.63, 3.8) is 0 Å². The fourth-order valence-electron chi connectivity index (χ4n) is 2.98. The molecule has 1 aliphatic heterocycles. The molecule has 0 amide bonds. The van der Waals surface area contributed by atoms with Gasteiger partial charge in [0, 0.05) is 55.0 Å². The van der Waals surface area contributed by atoms with Gasteiger partial charge in [0.15, 0.2) is 0 Å². The van der Waals surface area contributed by atoms with Crippen LogP contribution in [-0.2, 0) is 19.5 Å². The first-order chi connectivity index (χ1) is 11.3. The van der Waals surface area contributed by atoms with E-state index in [1.54, 1.807) is 12.4 Å². The van der Waals surface area contributed by atoms with Crippen molar-refractivity contribution < 1.29 is 0 Å². The topological polar surface area (TPSA) is 77.7 Å². The molecule has 0 radical (unpaired) electrons. The van der Waals surface area contributed by atoms with E-state index in [2.05, 4.69) is 30.9 Å². The zero-order valence-electron chi connectivity index (χ0n) is 12.6. The van der Waals surface area contributed by atoms with Crippen molar-refractivity contribution >= 4 is 0 Å². The van der Waals surface area contributed by atoms with E-state index in [4.69, 9.17) is 0 Å². The van der Waals surface area contributed by atoms with Crippen LogP contribution in [0.4, 0.5) is 0 Å². The molecule has 4 heterocycles. The van der Waals surface area contributed by atoms with Gasteiger partial charge in [-0.15, -0.1) is 0 Å². The minimum Gasteiger partial charge on any atom is -0.364 e. The Morgan fingerprint density at radius 3 is 2.87 bits per heavy atom. The van der Waals surface area contributed by atoms with E-state index in [-0.39, 0.29) is 5.56 Å². The summed E-state index contributed by atoms with van der Waals surface area (Å²) in [5.41, 5.74) is 3.71. The zero-order chi connectivity index (χ0) is 15.6. The van der Waals surface area contributed by atoms with Crippen LogP contribution in [0, 0.1) is 0 Å². The van der Waals surface area contributed by atoms with Crippen LogP contribution in [0.3, 0.4) is 0 Å². The molecule has 0 bridgehead atoms. The second-order valence-corrected chi connectivity index (χ2v) is 5.73. The van der Waals surface area contributed by atoms with Crippen LogP contribution in [0.5, 0.6) is 0 Å². The summed E-state index contributed by atoms with van der Waals surface area (Å²) in [5.74, 6) is 0.609. The molecule has 116 valence electrons. The van der Waals surface area contributed by atoms with Crippen molar-refractivity contribution in [1.82, 2.24) is 24.8 Å². The summed E-state index contributed by atoms with van der Waals surface area (Å²) in [6.07, 6.45) is 6.06. The van der Waals surface area contributed by atoms with Crippen LogP contribution in [0.2, 0.25) is 0 Å². The molecule has 0 aromatic carbocycles. The fourth-order valence-corrected chi connectivity index (χ4v) is 2.98. The number of aromatic nitrogens is 4. The van der Waals surface area contributed by atoms with Gasteiger partial charge in [0.2, 0.25) is 0 Å². The number of hydrogen-bond donors (Lipinski definition) is 2. The van der Waals surface area contributed by atoms with Crippen molar-refractivity contribution in [3.8, 4) is 11.4 Å². The number of rotatable bonds is 3. The van der Waals surface area contributed by atoms with E-state index in [1.807, 2.05) is 24.4 Å². The minimum atomic E-state index is -0.0265. The van der Waals surface area contributed by atoms with Crippen LogP contribution in [0.1, 0.15) is 17.0 Å². The number of hydrogen-bond acceptors (Lipinski definition) is 4. The van der Waals surface area contributed by atoms with E-state index in [9.17, 15) is 4.79 Å². The first-order valence-electron chi connectivity index (χ1n) is 7.67. The highest BCUT2D eigenvalue weighted by molar-refractivity contribution is 5.54. The molecule has 2 N–H and O–H groups in total. The lowest BCUT2D eigenvalue weighted by Gasteiger charge is -2.27. The van der Waals surface area contributed by atoms with Crippen LogP contribution >= 0.6 is 0 Å². The molecular formula is C17H17N5O. The number of fused-ring (bicyclic) bond motifs is 1. The molecule has 0 aliphatic carbocycles. The highest BCUT2D eigenvalue weighted by Gasteiger charge is 2.21. The summed E-state index contributed by atoms with van der Waals surface area (Å²) < 4.78 is 0. The lowest BCUT2D eigenvalue weighted by Crippen LogP contribution is -2.35. The number of aromatic amines is 2. The lowest BCUT2D eigenvalue weighted by molar-refractivity contribution is 0.238. The van der Waals surface area contributed by atoms with E-state index in [0.717, 1.165) is 36.3 Å². The van der Waals surface area contributed by atoms with Crippen LogP contribution in [-0.4, -0.2) is 31.4 Å². The van der Waals surface area contributed by atoms with Crippen molar-refractivity contribution in [1.29, 1.82) is 0 Å². The van der Waals surface area contributed by atoms with Gasteiger partial charge in [0.1, 0.15) is 5.82 Å². The summed E-state index contributed by atoms with van der Waals surface area (Å²) in [6, 6.07) is 7.77. The lowest BCUT2D eigenvalue weighted by atomic mass is 10.1. The van der Waals surface area contributed by atoms with Crippen molar-refractivity contribution in [3.05, 3.63) is 70.2 Å². The normalized spacial score (nSPS) is 14.6. The Morgan fingerprint density at radius 2 is 2.09 bits per heavy atom. The smallest absolute Gasteiger partial charge is 0.254 e. The second kappa shape index (κ2) is 5.81. The second-order valence-electron chi connectivity index (χ2n) is 5.73. The Kier molecular flexibility index (Phi) is 3.51. The average molecular weight is 307 g/mol. The maximum Gasteiger partial charge on any atom is 0.254 e. The third kappa shape index (κ3) is 2.80. The Balaban J connectivity index is 1.64. The predicted octanol–water partition coefficient (Wildman–Crippen LogP) is 1.72. The standard InChI is InChI=1S/C17H17N5O/c23-17-14-5-9-22(10-13-2-1-6-19-13)11-15(14)20-16(21-17)12-3-7-18-8-4-12/h1-4,6-8,19H,5,9-11H2,(H,20,21,23). The molecule has 6 nitrogen and oxygen atoms in total. The molecule has 3 aromatic rings. The molecule has 0 saturated heterocycles. The highest BCUT2D eigenvalue weighted by Crippen LogP contribution is 2.19. The first-order valence-corrected chi connectivity index (χ1v) is 7.67. The number of H-pyrrole nitrogens is 2. The van der Waals surface area contributed by atoms with Crippen molar-refractivity contribution in [2.45, 2.75) is 19.5 Å². The molecular weight excluding hydrogens is 290 g/mol. The number of nitrogens with zero attached hydrogens (tertiary/aromatic N) is 3. The van der Waals surface area contributed by atoms with E-state index < -0.39 is 0 Å². The Morgan fingerprint density at radius 1 is 1.22 bits per heavy atom. The summed E-state index contributed by atoms with van der Waals surface area (Å²) in [6.45, 7) is 2.40. The van der Waals surface area contributed by atoms with E-state index in [1.165, 1.54) is 5.69 Å². The van der Waals surface area contributed by atoms with Crippen LogP contribution in [0.25, 0.3) is 11.4 Å². The van der Waals surface area contributed by atoms with Gasteiger partial charge >= 0.3 is 0 Å². The fraction of sp³-hybridized carbons (Fsp3) is 0.235. The molecule has 0 fully saturated rings. The molecule has 4 rings (SSSR count). The van der Waals surface area contributed by atoms with Gasteiger partial charge in [0.05, 0.1) is 5.69 Å². The summed E-state index contributed by atoms with van der Waals surface area (Å²) in [7, 11) is 0. The summed E-state index contributed by atoms with van der Waals surface area (Å²) in [4.78, 5) is 29.5. The monoisotopic (exact) mass is 307 g/mol. The van der Waals surface area contributed by atoms with Gasteiger partial charge in [-0.2, -0.15) is 0 Å². The molecule has 0 saturated carbocycles. The SMILES string of the molecule is O=c1[nH]c(-c2ccncc2)nc2c1CCN(Cc1ccc[nH]1)C2. The Labute approximate surface area is 133 Å². The average Bonchev–Trinajstić information content (AvgIpc) is 3.08. The molecule has 0 spiro atoms. The first kappa shape index (κ1) is 13.9. The van der Waals surface area contributed by atoms with Gasteiger partial charge in [-0.25, -0.2) is 4.98 Å². The number of pyridine rings is 1. The largest absolute Gasteiger partial charge is 0.364 e. The third-order valence-electron chi connectivity index (χ3n) is 4.16. The number of nitrogens with one attached hydrogen (secondary N) is 2. The molecule has 0 atom stereocenters. The van der Waals surface area contributed by atoms with Crippen LogP contribution in [0.15, 0.2) is 47.7 Å². The maximum atomic E-state index is 12.3. The zero-order valence-corrected chi connectivity index (χ0v) is 12.6. The molecule has 6 heteroatoms. The predicted molar refractivity (Wildman–Crippen MR) is 86.7 cm³/mol.